The Labute approximate surface area is 190 Å². The molecule has 7 nitrogen and oxygen atoms in total. The fraction of sp³-hybridized carbons (Fsp3) is 0.333. The summed E-state index contributed by atoms with van der Waals surface area (Å²) < 4.78 is 37.4. The van der Waals surface area contributed by atoms with Gasteiger partial charge >= 0.3 is 5.97 Å². The van der Waals surface area contributed by atoms with E-state index >= 15 is 0 Å². The largest absolute Gasteiger partial charge is 0.454 e. The van der Waals surface area contributed by atoms with Crippen LogP contribution in [-0.4, -0.2) is 57.4 Å². The number of morpholine rings is 1. The molecule has 1 aliphatic heterocycles. The predicted octanol–water partition coefficient (Wildman–Crippen LogP) is 3.67. The van der Waals surface area contributed by atoms with Gasteiger partial charge in [0.1, 0.15) is 4.90 Å². The number of hydrogen-bond acceptors (Lipinski definition) is 6. The maximum atomic E-state index is 13.0. The summed E-state index contributed by atoms with van der Waals surface area (Å²) in [4.78, 5) is 24.8. The van der Waals surface area contributed by atoms with Crippen LogP contribution in [0.4, 0.5) is 0 Å². The van der Waals surface area contributed by atoms with Gasteiger partial charge in [-0.25, -0.2) is 13.2 Å². The Balaban J connectivity index is 1.82. The monoisotopic (exact) mass is 485 g/mol. The second kappa shape index (κ2) is 9.67. The third-order valence-corrected chi connectivity index (χ3v) is 7.53. The van der Waals surface area contributed by atoms with E-state index in [-0.39, 0.29) is 52.6 Å². The van der Waals surface area contributed by atoms with Gasteiger partial charge in [0, 0.05) is 18.7 Å². The molecule has 3 rings (SSSR count). The summed E-state index contributed by atoms with van der Waals surface area (Å²) in [5, 5.41) is -0.186. The highest BCUT2D eigenvalue weighted by atomic mass is 35.5. The van der Waals surface area contributed by atoms with E-state index in [9.17, 15) is 18.0 Å². The second-order valence-corrected chi connectivity index (χ2v) is 9.82. The lowest BCUT2D eigenvalue weighted by Crippen LogP contribution is -2.40. The fourth-order valence-corrected chi connectivity index (χ4v) is 5.37. The summed E-state index contributed by atoms with van der Waals surface area (Å²) in [7, 11) is -3.96. The molecule has 1 saturated heterocycles. The van der Waals surface area contributed by atoms with Crippen molar-refractivity contribution < 1.29 is 27.5 Å². The van der Waals surface area contributed by atoms with Gasteiger partial charge < -0.3 is 9.47 Å². The van der Waals surface area contributed by atoms with Gasteiger partial charge in [0.2, 0.25) is 15.8 Å². The van der Waals surface area contributed by atoms with Crippen LogP contribution in [0.2, 0.25) is 10.0 Å². The molecular formula is C21H21Cl2NO6S. The lowest BCUT2D eigenvalue weighted by molar-refractivity contribution is 0.0474. The van der Waals surface area contributed by atoms with Gasteiger partial charge in [0.15, 0.2) is 6.61 Å². The summed E-state index contributed by atoms with van der Waals surface area (Å²) in [6.07, 6.45) is 0. The van der Waals surface area contributed by atoms with Crippen LogP contribution in [0.25, 0.3) is 0 Å². The van der Waals surface area contributed by atoms with Gasteiger partial charge in [-0.05, 0) is 37.6 Å². The van der Waals surface area contributed by atoms with Crippen LogP contribution in [0.15, 0.2) is 35.2 Å². The van der Waals surface area contributed by atoms with Crippen LogP contribution in [0.3, 0.4) is 0 Å². The number of Topliss-reactive ketones (excluding diaryl/α,β-unsaturated/α-hetero) is 1. The molecule has 166 valence electrons. The summed E-state index contributed by atoms with van der Waals surface area (Å²) >= 11 is 12.2. The number of ether oxygens (including phenoxy) is 2. The topological polar surface area (TPSA) is 90.0 Å². The molecule has 0 N–H and O–H groups in total. The third-order valence-electron chi connectivity index (χ3n) is 4.86. The van der Waals surface area contributed by atoms with Crippen LogP contribution < -0.4 is 0 Å². The third kappa shape index (κ3) is 5.27. The fourth-order valence-electron chi connectivity index (χ4n) is 3.13. The van der Waals surface area contributed by atoms with Crippen molar-refractivity contribution in [2.75, 3.05) is 32.9 Å². The molecule has 0 aromatic heterocycles. The lowest BCUT2D eigenvalue weighted by Gasteiger charge is -2.26. The standard InChI is InChI=1S/C21H21Cl2NO6S/c1-13-3-4-14(2)15(9-13)19(25)12-30-21(26)16-10-20(18(23)11-17(16)22)31(27,28)24-5-7-29-8-6-24/h3-4,9-11H,5-8,12H2,1-2H3. The quantitative estimate of drug-likeness (QED) is 0.457. The van der Waals surface area contributed by atoms with Crippen molar-refractivity contribution in [2.24, 2.45) is 0 Å². The van der Waals surface area contributed by atoms with E-state index in [1.54, 1.807) is 13.0 Å². The first-order valence-electron chi connectivity index (χ1n) is 9.46. The molecule has 10 heteroatoms. The number of benzene rings is 2. The Kier molecular flexibility index (Phi) is 7.39. The van der Waals surface area contributed by atoms with E-state index in [0.717, 1.165) is 17.2 Å². The van der Waals surface area contributed by atoms with Crippen LogP contribution in [0.5, 0.6) is 0 Å². The van der Waals surface area contributed by atoms with Crippen molar-refractivity contribution in [3.63, 3.8) is 0 Å². The Bertz CT molecular complexity index is 1130. The second-order valence-electron chi connectivity index (χ2n) is 7.10. The molecule has 0 aliphatic carbocycles. The average molecular weight is 486 g/mol. The summed E-state index contributed by atoms with van der Waals surface area (Å²) in [5.74, 6) is -1.29. The summed E-state index contributed by atoms with van der Waals surface area (Å²) in [5.41, 5.74) is 1.92. The zero-order valence-electron chi connectivity index (χ0n) is 17.0. The minimum Gasteiger partial charge on any atom is -0.454 e. The molecule has 0 unspecified atom stereocenters. The van der Waals surface area contributed by atoms with E-state index in [2.05, 4.69) is 0 Å². The number of carbonyl (C=O) groups excluding carboxylic acids is 2. The van der Waals surface area contributed by atoms with E-state index in [1.807, 2.05) is 19.1 Å². The van der Waals surface area contributed by atoms with Gasteiger partial charge in [-0.15, -0.1) is 0 Å². The minimum atomic E-state index is -3.96. The molecule has 0 atom stereocenters. The molecular weight excluding hydrogens is 465 g/mol. The van der Waals surface area contributed by atoms with Gasteiger partial charge in [0.05, 0.1) is 28.8 Å². The van der Waals surface area contributed by atoms with Crippen molar-refractivity contribution >= 4 is 45.0 Å². The first-order chi connectivity index (χ1) is 14.6. The number of rotatable bonds is 6. The maximum Gasteiger partial charge on any atom is 0.340 e. The van der Waals surface area contributed by atoms with Gasteiger partial charge in [-0.1, -0.05) is 40.9 Å². The highest BCUT2D eigenvalue weighted by Gasteiger charge is 2.30. The number of halogens is 2. The molecule has 0 radical (unpaired) electrons. The van der Waals surface area contributed by atoms with Crippen LogP contribution >= 0.6 is 23.2 Å². The molecule has 1 heterocycles. The van der Waals surface area contributed by atoms with Crippen molar-refractivity contribution in [3.05, 3.63) is 62.6 Å². The van der Waals surface area contributed by atoms with Crippen LogP contribution in [0.1, 0.15) is 31.8 Å². The van der Waals surface area contributed by atoms with E-state index in [0.29, 0.717) is 5.56 Å². The van der Waals surface area contributed by atoms with Gasteiger partial charge in [0.25, 0.3) is 0 Å². The average Bonchev–Trinajstić information content (AvgIpc) is 2.74. The molecule has 31 heavy (non-hydrogen) atoms. The molecule has 0 spiro atoms. The van der Waals surface area contributed by atoms with Crippen molar-refractivity contribution in [3.8, 4) is 0 Å². The molecule has 0 saturated carbocycles. The van der Waals surface area contributed by atoms with E-state index < -0.39 is 22.6 Å². The first-order valence-corrected chi connectivity index (χ1v) is 11.7. The SMILES string of the molecule is Cc1ccc(C)c(C(=O)COC(=O)c2cc(S(=O)(=O)N3CCOCC3)c(Cl)cc2Cl)c1. The Morgan fingerprint density at radius 3 is 2.39 bits per heavy atom. The number of esters is 1. The number of aryl methyl sites for hydroxylation is 2. The minimum absolute atomic E-state index is 0.0740. The smallest absolute Gasteiger partial charge is 0.340 e. The lowest BCUT2D eigenvalue weighted by atomic mass is 10.0. The number of carbonyl (C=O) groups is 2. The number of ketones is 1. The van der Waals surface area contributed by atoms with Crippen molar-refractivity contribution in [2.45, 2.75) is 18.7 Å². The Morgan fingerprint density at radius 2 is 1.71 bits per heavy atom. The number of sulfonamides is 1. The van der Waals surface area contributed by atoms with E-state index in [1.165, 1.54) is 10.4 Å². The van der Waals surface area contributed by atoms with Crippen LogP contribution in [-0.2, 0) is 19.5 Å². The first kappa shape index (κ1) is 23.7. The molecule has 1 aliphatic rings. The normalized spacial score (nSPS) is 15.0. The molecule has 0 bridgehead atoms. The maximum absolute atomic E-state index is 13.0. The predicted molar refractivity (Wildman–Crippen MR) is 117 cm³/mol. The molecule has 2 aromatic rings. The Morgan fingerprint density at radius 1 is 1.03 bits per heavy atom. The summed E-state index contributed by atoms with van der Waals surface area (Å²) in [6.45, 7) is 4.00. The van der Waals surface area contributed by atoms with Crippen molar-refractivity contribution in [1.82, 2.24) is 4.31 Å². The van der Waals surface area contributed by atoms with Gasteiger partial charge in [-0.3, -0.25) is 4.79 Å². The highest BCUT2D eigenvalue weighted by molar-refractivity contribution is 7.89. The van der Waals surface area contributed by atoms with Gasteiger partial charge in [-0.2, -0.15) is 4.31 Å². The molecule has 2 aromatic carbocycles. The molecule has 1 fully saturated rings. The Hall–Kier alpha value is -1.97. The molecule has 0 amide bonds. The number of nitrogens with zero attached hydrogens (tertiary/aromatic N) is 1. The zero-order valence-corrected chi connectivity index (χ0v) is 19.3. The van der Waals surface area contributed by atoms with Crippen molar-refractivity contribution in [1.29, 1.82) is 0 Å². The number of hydrogen-bond donors (Lipinski definition) is 0. The zero-order chi connectivity index (χ0) is 22.8. The van der Waals surface area contributed by atoms with Crippen LogP contribution in [0, 0.1) is 13.8 Å². The van der Waals surface area contributed by atoms with E-state index in [4.69, 9.17) is 32.7 Å². The summed E-state index contributed by atoms with van der Waals surface area (Å²) in [6, 6.07) is 7.67. The highest BCUT2D eigenvalue weighted by Crippen LogP contribution is 2.31.